The lowest BCUT2D eigenvalue weighted by atomic mass is 10.1. The van der Waals surface area contributed by atoms with Crippen molar-refractivity contribution in [2.75, 3.05) is 24.3 Å². The van der Waals surface area contributed by atoms with Gasteiger partial charge in [-0.15, -0.1) is 0 Å². The number of aliphatic hydroxyl groups is 1. The van der Waals surface area contributed by atoms with Crippen molar-refractivity contribution in [3.63, 3.8) is 0 Å². The molecule has 0 bridgehead atoms. The molecule has 104 valence electrons. The Morgan fingerprint density at radius 1 is 1.20 bits per heavy atom. The number of hydrogen-bond donors (Lipinski definition) is 3. The van der Waals surface area contributed by atoms with Crippen LogP contribution in [-0.4, -0.2) is 29.7 Å². The van der Waals surface area contributed by atoms with E-state index < -0.39 is 0 Å². The molecule has 5 nitrogen and oxygen atoms in total. The molecule has 0 atom stereocenters. The first-order valence-corrected chi connectivity index (χ1v) is 6.38. The van der Waals surface area contributed by atoms with Crippen molar-refractivity contribution in [2.24, 2.45) is 0 Å². The average Bonchev–Trinajstić information content (AvgIpc) is 2.49. The fourth-order valence-corrected chi connectivity index (χ4v) is 1.76. The highest BCUT2D eigenvalue weighted by atomic mass is 16.2. The summed E-state index contributed by atoms with van der Waals surface area (Å²) in [6.45, 7) is 0.120. The molecule has 2 aromatic rings. The smallest absolute Gasteiger partial charge is 0.257 e. The van der Waals surface area contributed by atoms with E-state index in [0.717, 1.165) is 17.1 Å². The Hall–Kier alpha value is -2.40. The van der Waals surface area contributed by atoms with Crippen molar-refractivity contribution >= 4 is 17.4 Å². The number of amides is 1. The molecule has 5 heteroatoms. The van der Waals surface area contributed by atoms with Crippen molar-refractivity contribution in [2.45, 2.75) is 6.42 Å². The number of benzene rings is 1. The van der Waals surface area contributed by atoms with E-state index in [9.17, 15) is 4.79 Å². The summed E-state index contributed by atoms with van der Waals surface area (Å²) in [5, 5.41) is 14.5. The summed E-state index contributed by atoms with van der Waals surface area (Å²) in [5.74, 6) is 0.518. The molecule has 3 N–H and O–H groups in total. The van der Waals surface area contributed by atoms with E-state index in [1.165, 1.54) is 6.20 Å². The zero-order valence-electron chi connectivity index (χ0n) is 11.3. The van der Waals surface area contributed by atoms with Gasteiger partial charge in [0.05, 0.1) is 5.56 Å². The van der Waals surface area contributed by atoms with Gasteiger partial charge in [-0.05, 0) is 36.2 Å². The number of rotatable bonds is 5. The van der Waals surface area contributed by atoms with Crippen LogP contribution in [0.1, 0.15) is 15.9 Å². The molecule has 0 saturated carbocycles. The molecule has 0 aliphatic rings. The molecule has 0 saturated heterocycles. The summed E-state index contributed by atoms with van der Waals surface area (Å²) in [7, 11) is 1.77. The van der Waals surface area contributed by atoms with Gasteiger partial charge in [-0.1, -0.05) is 12.1 Å². The second-order valence-electron chi connectivity index (χ2n) is 4.31. The quantitative estimate of drug-likeness (QED) is 0.776. The Kier molecular flexibility index (Phi) is 4.68. The van der Waals surface area contributed by atoms with Gasteiger partial charge in [-0.3, -0.25) is 4.79 Å². The van der Waals surface area contributed by atoms with Crippen LogP contribution in [0.25, 0.3) is 0 Å². The number of carbonyl (C=O) groups excluding carboxylic acids is 1. The first-order chi connectivity index (χ1) is 9.72. The van der Waals surface area contributed by atoms with Gasteiger partial charge in [-0.2, -0.15) is 0 Å². The van der Waals surface area contributed by atoms with E-state index >= 15 is 0 Å². The Bertz CT molecular complexity index is 565. The van der Waals surface area contributed by atoms with E-state index in [0.29, 0.717) is 12.0 Å². The molecule has 0 aliphatic heterocycles. The largest absolute Gasteiger partial charge is 0.396 e. The number of nitrogens with one attached hydrogen (secondary N) is 2. The Labute approximate surface area is 117 Å². The van der Waals surface area contributed by atoms with Crippen LogP contribution in [0.5, 0.6) is 0 Å². The average molecular weight is 271 g/mol. The molecule has 0 unspecified atom stereocenters. The van der Waals surface area contributed by atoms with Crippen LogP contribution >= 0.6 is 0 Å². The lowest BCUT2D eigenvalue weighted by molar-refractivity contribution is 0.102. The SMILES string of the molecule is CNc1ccc(C(=O)Nc2ccc(CCO)cc2)cn1. The molecule has 2 rings (SSSR count). The normalized spacial score (nSPS) is 10.1. The highest BCUT2D eigenvalue weighted by Crippen LogP contribution is 2.12. The van der Waals surface area contributed by atoms with Gasteiger partial charge in [0.15, 0.2) is 0 Å². The minimum Gasteiger partial charge on any atom is -0.396 e. The van der Waals surface area contributed by atoms with E-state index in [1.54, 1.807) is 19.2 Å². The Morgan fingerprint density at radius 3 is 2.50 bits per heavy atom. The maximum absolute atomic E-state index is 12.0. The molecule has 0 aliphatic carbocycles. The fraction of sp³-hybridized carbons (Fsp3) is 0.200. The second kappa shape index (κ2) is 6.68. The zero-order valence-corrected chi connectivity index (χ0v) is 11.3. The van der Waals surface area contributed by atoms with Crippen LogP contribution in [0.3, 0.4) is 0 Å². The molecular formula is C15H17N3O2. The van der Waals surface area contributed by atoms with Gasteiger partial charge >= 0.3 is 0 Å². The van der Waals surface area contributed by atoms with E-state index in [1.807, 2.05) is 24.3 Å². The molecule has 1 aromatic heterocycles. The number of aliphatic hydroxyl groups excluding tert-OH is 1. The molecular weight excluding hydrogens is 254 g/mol. The molecule has 1 aromatic carbocycles. The summed E-state index contributed by atoms with van der Waals surface area (Å²) >= 11 is 0. The minimum absolute atomic E-state index is 0.120. The van der Waals surface area contributed by atoms with Crippen molar-refractivity contribution < 1.29 is 9.90 Å². The molecule has 0 fully saturated rings. The molecule has 1 heterocycles. The Balaban J connectivity index is 2.02. The predicted molar refractivity (Wildman–Crippen MR) is 79.0 cm³/mol. The summed E-state index contributed by atoms with van der Waals surface area (Å²) in [6, 6.07) is 10.9. The number of anilines is 2. The molecule has 20 heavy (non-hydrogen) atoms. The third-order valence-corrected chi connectivity index (χ3v) is 2.89. The van der Waals surface area contributed by atoms with Gasteiger partial charge in [-0.25, -0.2) is 4.98 Å². The Morgan fingerprint density at radius 2 is 1.95 bits per heavy atom. The second-order valence-corrected chi connectivity index (χ2v) is 4.31. The number of aromatic nitrogens is 1. The van der Waals surface area contributed by atoms with Crippen LogP contribution in [0.15, 0.2) is 42.6 Å². The highest BCUT2D eigenvalue weighted by Gasteiger charge is 2.06. The third-order valence-electron chi connectivity index (χ3n) is 2.89. The number of hydrogen-bond acceptors (Lipinski definition) is 4. The van der Waals surface area contributed by atoms with Crippen LogP contribution in [-0.2, 0) is 6.42 Å². The third kappa shape index (κ3) is 3.55. The topological polar surface area (TPSA) is 74.2 Å². The van der Waals surface area contributed by atoms with E-state index in [2.05, 4.69) is 15.6 Å². The number of pyridine rings is 1. The number of nitrogens with zero attached hydrogens (tertiary/aromatic N) is 1. The maximum Gasteiger partial charge on any atom is 0.257 e. The van der Waals surface area contributed by atoms with Crippen LogP contribution in [0.4, 0.5) is 11.5 Å². The monoisotopic (exact) mass is 271 g/mol. The van der Waals surface area contributed by atoms with Crippen molar-refractivity contribution in [3.05, 3.63) is 53.7 Å². The van der Waals surface area contributed by atoms with Gasteiger partial charge < -0.3 is 15.7 Å². The molecule has 0 radical (unpaired) electrons. The summed E-state index contributed by atoms with van der Waals surface area (Å²) in [5.41, 5.74) is 2.25. The van der Waals surface area contributed by atoms with E-state index in [-0.39, 0.29) is 12.5 Å². The summed E-state index contributed by atoms with van der Waals surface area (Å²) < 4.78 is 0. The fourth-order valence-electron chi connectivity index (χ4n) is 1.76. The van der Waals surface area contributed by atoms with Crippen molar-refractivity contribution in [3.8, 4) is 0 Å². The van der Waals surface area contributed by atoms with Crippen molar-refractivity contribution in [1.29, 1.82) is 0 Å². The zero-order chi connectivity index (χ0) is 14.4. The first-order valence-electron chi connectivity index (χ1n) is 6.38. The van der Waals surface area contributed by atoms with Gasteiger partial charge in [0, 0.05) is 25.5 Å². The minimum atomic E-state index is -0.199. The number of carbonyl (C=O) groups is 1. The highest BCUT2D eigenvalue weighted by molar-refractivity contribution is 6.04. The lowest BCUT2D eigenvalue weighted by Gasteiger charge is -2.06. The summed E-state index contributed by atoms with van der Waals surface area (Å²) in [4.78, 5) is 16.1. The van der Waals surface area contributed by atoms with Gasteiger partial charge in [0.1, 0.15) is 5.82 Å². The first kappa shape index (κ1) is 14.0. The van der Waals surface area contributed by atoms with Crippen LogP contribution in [0, 0.1) is 0 Å². The van der Waals surface area contributed by atoms with E-state index in [4.69, 9.17) is 5.11 Å². The summed E-state index contributed by atoms with van der Waals surface area (Å²) in [6.07, 6.45) is 2.14. The standard InChI is InChI=1S/C15H17N3O2/c1-16-14-7-4-12(10-17-14)15(20)18-13-5-2-11(3-6-13)8-9-19/h2-7,10,19H,8-9H2,1H3,(H,16,17)(H,18,20). The molecule has 0 spiro atoms. The van der Waals surface area contributed by atoms with Crippen LogP contribution in [0.2, 0.25) is 0 Å². The van der Waals surface area contributed by atoms with Crippen molar-refractivity contribution in [1.82, 2.24) is 4.98 Å². The van der Waals surface area contributed by atoms with Gasteiger partial charge in [0.25, 0.3) is 5.91 Å². The van der Waals surface area contributed by atoms with Crippen LogP contribution < -0.4 is 10.6 Å². The van der Waals surface area contributed by atoms with Gasteiger partial charge in [0.2, 0.25) is 0 Å². The lowest BCUT2D eigenvalue weighted by Crippen LogP contribution is -2.12. The maximum atomic E-state index is 12.0. The predicted octanol–water partition coefficient (Wildman–Crippen LogP) is 1.91. The molecule has 1 amide bonds.